The molecule has 0 fully saturated rings. The molecule has 0 unspecified atom stereocenters. The number of aromatic nitrogens is 3. The Labute approximate surface area is 539 Å². The van der Waals surface area contributed by atoms with E-state index in [0.717, 1.165) is 47.8 Å². The molecule has 0 spiro atoms. The van der Waals surface area contributed by atoms with Crippen LogP contribution in [0, 0.1) is 24.0 Å². The van der Waals surface area contributed by atoms with Gasteiger partial charge >= 0.3 is 10.6 Å². The van der Waals surface area contributed by atoms with Gasteiger partial charge in [-0.15, -0.1) is 56.6 Å². The van der Waals surface area contributed by atoms with Crippen LogP contribution in [0.15, 0.2) is 129 Å². The molecular formula is C46H52N14O24S9. The van der Waals surface area contributed by atoms with Crippen molar-refractivity contribution in [1.82, 2.24) is 15.0 Å². The Morgan fingerprint density at radius 3 is 1.59 bits per heavy atom. The third-order valence-corrected chi connectivity index (χ3v) is 18.4. The van der Waals surface area contributed by atoms with Gasteiger partial charge in [0.15, 0.2) is 0 Å². The summed E-state index contributed by atoms with van der Waals surface area (Å²) >= 11 is 2.02. The van der Waals surface area contributed by atoms with Crippen LogP contribution in [-0.2, 0) is 71.3 Å². The number of nitrogens with one attached hydrogen (secondary N) is 3. The van der Waals surface area contributed by atoms with Crippen LogP contribution in [0.25, 0.3) is 0 Å². The van der Waals surface area contributed by atoms with Crippen LogP contribution in [0.3, 0.4) is 0 Å². The first-order chi connectivity index (χ1) is 43.1. The fraction of sp³-hybridized carbons (Fsp3) is 0.283. The maximum atomic E-state index is 12.5. The molecule has 38 nitrogen and oxygen atoms in total. The molecule has 93 heavy (non-hydrogen) atoms. The number of nitro groups is 1. The molecule has 6 aromatic rings. The fourth-order valence-electron chi connectivity index (χ4n) is 7.17. The maximum absolute atomic E-state index is 12.5. The predicted octanol–water partition coefficient (Wildman–Crippen LogP) is 7.90. The zero-order chi connectivity index (χ0) is 69.3. The molecule has 0 bridgehead atoms. The maximum Gasteiger partial charge on any atom is 0.425 e. The summed E-state index contributed by atoms with van der Waals surface area (Å²) in [6, 6.07) is 15.5. The third kappa shape index (κ3) is 26.9. The highest BCUT2D eigenvalue weighted by Crippen LogP contribution is 2.44. The number of nitrogens with two attached hydrogens (primary N) is 1. The molecule has 0 saturated heterocycles. The molecule has 0 aliphatic heterocycles. The topological polar surface area (TPSA) is 605 Å². The van der Waals surface area contributed by atoms with Crippen LogP contribution in [0.1, 0.15) is 30.4 Å². The standard InChI is InChI=1S/C46H52N14O21S8.O3S/c1-27-19-32(47)40(81-12-4-15-84(63,64)65)24-34(27)55-58-38-20-28(2)35(25-41(38)82-13-5-16-85(66,67)68)56-59-39-23-36(50-46-52-44(48-11-18-87(72,73)74)51-45(53-46)49-29-7-3-8-31(21-29)88(75,76)77)37(26-42(39)83-14-6-17-86(69,70)71)57-54-33-10-9-30(60(61)62)22-43(33)89(78,79)80;1-4(2)3/h3,7-10,19-26H,4-6,11-18,47H2,1-2H3,(H,63,64,65)(H,66,67,68)(H,69,70,71)(H,72,73,74)(H,75,76,77)(H,78,79,80)(H3,48,49,50,51,52,53);. The van der Waals surface area contributed by atoms with E-state index >= 15 is 0 Å². The minimum atomic E-state index is -5.23. The van der Waals surface area contributed by atoms with Gasteiger partial charge in [-0.05, 0) is 110 Å². The van der Waals surface area contributed by atoms with E-state index in [4.69, 9.17) is 27.6 Å². The summed E-state index contributed by atoms with van der Waals surface area (Å²) in [5.74, 6) is -3.79. The predicted molar refractivity (Wildman–Crippen MR) is 336 cm³/mol. The number of hydrogen-bond acceptors (Lipinski definition) is 33. The van der Waals surface area contributed by atoms with Crippen molar-refractivity contribution in [2.45, 2.75) is 52.7 Å². The van der Waals surface area contributed by atoms with Crippen LogP contribution in [0.2, 0.25) is 0 Å². The largest absolute Gasteiger partial charge is 0.491 e. The van der Waals surface area contributed by atoms with Gasteiger partial charge in [0.1, 0.15) is 27.7 Å². The number of nitrogens with zero attached hydrogens (tertiary/aromatic N) is 10. The van der Waals surface area contributed by atoms with Crippen LogP contribution in [0.4, 0.5) is 74.7 Å². The number of anilines is 6. The lowest BCUT2D eigenvalue weighted by atomic mass is 10.1. The number of nitrogen functional groups attached to an aromatic ring is 1. The molecule has 6 rings (SSSR count). The highest BCUT2D eigenvalue weighted by atomic mass is 32.2. The van der Waals surface area contributed by atoms with Crippen LogP contribution in [-0.4, -0.2) is 158 Å². The SMILES string of the molecule is Cc1cc(N)c(OCCCS(=O)(=O)O)cc1N=Nc1cc(C)c(N=Nc2cc(Nc3nc(NCCS(=O)(=O)O)nc(Nc4cccc(S(=O)(=O)O)c4)n3)c(N=Nc3ccc([N+](=O)[O-])cc3S(=O)(=O)O)cc2SCCCS(=O)(=O)O)cc1SCCCS(=O)(=O)O.O=S(=O)=O. The molecule has 0 aliphatic rings. The van der Waals surface area contributed by atoms with E-state index in [-0.39, 0.29) is 99.5 Å². The monoisotopic (exact) mass is 1470 g/mol. The highest BCUT2D eigenvalue weighted by Gasteiger charge is 2.23. The normalized spacial score (nSPS) is 12.4. The fourth-order valence-corrected chi connectivity index (χ4v) is 12.5. The molecule has 11 N–H and O–H groups in total. The number of rotatable bonds is 32. The second-order valence-corrected chi connectivity index (χ2v) is 30.3. The van der Waals surface area contributed by atoms with Gasteiger partial charge in [0.05, 0.1) is 67.9 Å². The summed E-state index contributed by atoms with van der Waals surface area (Å²) in [5, 5.41) is 45.8. The van der Waals surface area contributed by atoms with Crippen molar-refractivity contribution in [3.63, 3.8) is 0 Å². The first-order valence-electron chi connectivity index (χ1n) is 25.4. The second kappa shape index (κ2) is 32.8. The number of non-ortho nitro benzene ring substituents is 1. The van der Waals surface area contributed by atoms with Crippen molar-refractivity contribution < 1.29 is 100 Å². The third-order valence-electron chi connectivity index (χ3n) is 11.2. The van der Waals surface area contributed by atoms with Crippen molar-refractivity contribution in [3.05, 3.63) is 100 Å². The summed E-state index contributed by atoms with van der Waals surface area (Å²) in [6.07, 6.45) is -0.271. The lowest BCUT2D eigenvalue weighted by molar-refractivity contribution is -0.385. The molecule has 504 valence electrons. The Hall–Kier alpha value is -7.91. The van der Waals surface area contributed by atoms with Crippen molar-refractivity contribution in [2.75, 3.05) is 69.4 Å². The van der Waals surface area contributed by atoms with Crippen LogP contribution in [0.5, 0.6) is 5.75 Å². The Morgan fingerprint density at radius 2 is 1.04 bits per heavy atom. The van der Waals surface area contributed by atoms with Gasteiger partial charge in [0.25, 0.3) is 66.4 Å². The lowest BCUT2D eigenvalue weighted by Gasteiger charge is -2.14. The zero-order valence-electron chi connectivity index (χ0n) is 47.5. The van der Waals surface area contributed by atoms with Crippen LogP contribution < -0.4 is 26.4 Å². The molecule has 0 radical (unpaired) electrons. The molecular weight excluding hydrogens is 1420 g/mol. The van der Waals surface area contributed by atoms with Crippen molar-refractivity contribution in [3.8, 4) is 5.75 Å². The van der Waals surface area contributed by atoms with Gasteiger partial charge in [-0.3, -0.25) is 37.4 Å². The van der Waals surface area contributed by atoms with Crippen molar-refractivity contribution >= 4 is 170 Å². The van der Waals surface area contributed by atoms with Gasteiger partial charge < -0.3 is 26.4 Å². The van der Waals surface area contributed by atoms with E-state index in [0.29, 0.717) is 22.1 Å². The number of nitro benzene ring substituents is 1. The smallest absolute Gasteiger partial charge is 0.425 e. The molecule has 0 atom stereocenters. The summed E-state index contributed by atoms with van der Waals surface area (Å²) < 4.78 is 230. The molecule has 0 aliphatic carbocycles. The number of ether oxygens (including phenoxy) is 1. The number of aryl methyl sites for hydroxylation is 2. The minimum absolute atomic E-state index is 0.0239. The van der Waals surface area contributed by atoms with E-state index in [1.54, 1.807) is 19.9 Å². The highest BCUT2D eigenvalue weighted by molar-refractivity contribution is 7.99. The zero-order valence-corrected chi connectivity index (χ0v) is 54.9. The molecule has 0 saturated carbocycles. The van der Waals surface area contributed by atoms with E-state index in [1.165, 1.54) is 42.5 Å². The van der Waals surface area contributed by atoms with Gasteiger partial charge in [-0.2, -0.15) is 75.7 Å². The van der Waals surface area contributed by atoms with Crippen molar-refractivity contribution in [1.29, 1.82) is 0 Å². The first-order valence-corrected chi connectivity index (χ1v) is 37.7. The number of benzene rings is 5. The van der Waals surface area contributed by atoms with Gasteiger partial charge in [0, 0.05) is 40.2 Å². The van der Waals surface area contributed by atoms with Gasteiger partial charge in [0.2, 0.25) is 17.8 Å². The summed E-state index contributed by atoms with van der Waals surface area (Å²) in [6.45, 7) is 2.64. The van der Waals surface area contributed by atoms with Gasteiger partial charge in [-0.25, -0.2) is 0 Å². The molecule has 1 aromatic heterocycles. The minimum Gasteiger partial charge on any atom is -0.491 e. The van der Waals surface area contributed by atoms with Crippen LogP contribution >= 0.6 is 23.5 Å². The lowest BCUT2D eigenvalue weighted by Crippen LogP contribution is -2.17. The summed E-state index contributed by atoms with van der Waals surface area (Å²) in [4.78, 5) is 22.3. The van der Waals surface area contributed by atoms with E-state index in [9.17, 15) is 83.4 Å². The van der Waals surface area contributed by atoms with Crippen molar-refractivity contribution in [2.24, 2.45) is 30.7 Å². The Kier molecular flexibility index (Phi) is 26.7. The van der Waals surface area contributed by atoms with E-state index in [1.807, 2.05) is 0 Å². The molecule has 47 heteroatoms. The second-order valence-electron chi connectivity index (χ2n) is 18.5. The number of thioether (sulfide) groups is 2. The summed E-state index contributed by atoms with van der Waals surface area (Å²) in [7, 11) is -30.7. The number of hydrogen-bond donors (Lipinski definition) is 10. The average molecular weight is 1470 g/mol. The molecule has 5 aromatic carbocycles. The quantitative estimate of drug-likeness (QED) is 0.00365. The molecule has 1 heterocycles. The first kappa shape index (κ1) is 75.8. The van der Waals surface area contributed by atoms with E-state index < -0.39 is 139 Å². The Balaban J connectivity index is 0.00000380. The Bertz CT molecular complexity index is 4720. The average Bonchev–Trinajstić information content (AvgIpc) is 0.826. The summed E-state index contributed by atoms with van der Waals surface area (Å²) in [5.41, 5.74) is 5.92. The Morgan fingerprint density at radius 1 is 0.559 bits per heavy atom. The number of azo groups is 3. The van der Waals surface area contributed by atoms with Gasteiger partial charge in [-0.1, -0.05) is 6.07 Å². The van der Waals surface area contributed by atoms with E-state index in [2.05, 4.69) is 61.6 Å². The molecule has 0 amide bonds.